The van der Waals surface area contributed by atoms with Crippen LogP contribution in [0.1, 0.15) is 201 Å². The molecule has 15 rings (SSSR count). The third kappa shape index (κ3) is 8.06. The Kier molecular flexibility index (Phi) is 11.4. The van der Waals surface area contributed by atoms with E-state index in [-0.39, 0.29) is 50.0 Å². The molecular weight excluding hydrogens is 1040 g/mol. The molecule has 4 nitrogen and oxygen atoms in total. The van der Waals surface area contributed by atoms with Crippen LogP contribution in [0.15, 0.2) is 150 Å². The molecule has 3 aliphatic carbocycles. The van der Waals surface area contributed by atoms with Gasteiger partial charge in [-0.15, -0.1) is 0 Å². The molecule has 4 heterocycles. The molecule has 0 spiro atoms. The highest BCUT2D eigenvalue weighted by Gasteiger charge is 2.55. The molecule has 10 aromatic rings. The second kappa shape index (κ2) is 17.7. The molecule has 2 atom stereocenters. The molecule has 1 fully saturated rings. The molecule has 5 aliphatic rings. The van der Waals surface area contributed by atoms with Crippen molar-refractivity contribution >= 4 is 90.2 Å². The van der Waals surface area contributed by atoms with Gasteiger partial charge in [-0.2, -0.15) is 0 Å². The number of rotatable bonds is 4. The van der Waals surface area contributed by atoms with Gasteiger partial charge < -0.3 is 18.8 Å². The van der Waals surface area contributed by atoms with E-state index in [0.717, 1.165) is 41.1 Å². The molecule has 436 valence electrons. The Hall–Kier alpha value is -7.24. The van der Waals surface area contributed by atoms with Crippen molar-refractivity contribution in [1.29, 1.82) is 0 Å². The zero-order valence-electron chi connectivity index (χ0n) is 54.7. The number of nitrogens with zero attached hydrogens (tertiary/aromatic N) is 3. The first-order valence-corrected chi connectivity index (χ1v) is 32.3. The van der Waals surface area contributed by atoms with Gasteiger partial charge in [0.05, 0.1) is 33.8 Å². The van der Waals surface area contributed by atoms with Crippen LogP contribution in [0.2, 0.25) is 0 Å². The third-order valence-corrected chi connectivity index (χ3v) is 22.0. The van der Waals surface area contributed by atoms with Gasteiger partial charge in [-0.3, -0.25) is 0 Å². The van der Waals surface area contributed by atoms with Crippen molar-refractivity contribution in [2.45, 2.75) is 200 Å². The van der Waals surface area contributed by atoms with Crippen LogP contribution in [0.25, 0.3) is 49.6 Å². The first-order chi connectivity index (χ1) is 40.3. The monoisotopic (exact) mass is 1130 g/mol. The summed E-state index contributed by atoms with van der Waals surface area (Å²) in [5.41, 5.74) is 28.8. The maximum Gasteiger partial charge on any atom is 0.297 e. The van der Waals surface area contributed by atoms with Crippen molar-refractivity contribution in [3.05, 3.63) is 190 Å². The van der Waals surface area contributed by atoms with Gasteiger partial charge in [-0.1, -0.05) is 203 Å². The molecule has 0 N–H and O–H groups in total. The summed E-state index contributed by atoms with van der Waals surface area (Å²) in [7, 11) is 0. The Morgan fingerprint density at radius 3 is 1.50 bits per heavy atom. The molecule has 0 amide bonds. The molecule has 5 heteroatoms. The Bertz CT molecular complexity index is 4450. The molecule has 0 radical (unpaired) electrons. The minimum Gasteiger partial charge on any atom is -0.468 e. The molecular formula is C81H88BN3O. The minimum atomic E-state index is -0.219. The SMILES string of the molecule is CC(C)(C)c1ccc(N2c3cc4c(cc3B3c5oc6cc7c(cc6c5N(c5ccc(C(C)(C)C)cc5-c5ccccc5)c5cc(-n6c8cc(C(C)(C)C)ccc8c8ccc(C(C)(C)C)cc86)cc2c53)C2(C)CCC7(C)C2)C(C)(C)CCC4(C)C)cc1. The fourth-order valence-corrected chi connectivity index (χ4v) is 16.7. The maximum absolute atomic E-state index is 7.96. The van der Waals surface area contributed by atoms with Gasteiger partial charge in [0.15, 0.2) is 0 Å². The summed E-state index contributed by atoms with van der Waals surface area (Å²) >= 11 is 0. The average molecular weight is 1130 g/mol. The van der Waals surface area contributed by atoms with E-state index in [1.165, 1.54) is 136 Å². The van der Waals surface area contributed by atoms with Gasteiger partial charge in [0.25, 0.3) is 6.71 Å². The fraction of sp³-hybridized carbons (Fsp3) is 0.383. The number of fused-ring (bicyclic) bond motifs is 15. The van der Waals surface area contributed by atoms with E-state index >= 15 is 0 Å². The predicted octanol–water partition coefficient (Wildman–Crippen LogP) is 20.5. The number of anilines is 6. The predicted molar refractivity (Wildman–Crippen MR) is 369 cm³/mol. The molecule has 0 saturated heterocycles. The zero-order chi connectivity index (χ0) is 60.5. The van der Waals surface area contributed by atoms with Crippen molar-refractivity contribution < 1.29 is 4.42 Å². The van der Waals surface area contributed by atoms with Crippen molar-refractivity contribution in [2.24, 2.45) is 0 Å². The zero-order valence-corrected chi connectivity index (χ0v) is 54.7. The summed E-state index contributed by atoms with van der Waals surface area (Å²) in [5.74, 6) is 0. The smallest absolute Gasteiger partial charge is 0.297 e. The summed E-state index contributed by atoms with van der Waals surface area (Å²) in [5, 5.41) is 3.74. The van der Waals surface area contributed by atoms with Crippen LogP contribution in [0.4, 0.5) is 34.1 Å². The average Bonchev–Trinajstić information content (AvgIpc) is 1.30. The molecule has 2 bridgehead atoms. The van der Waals surface area contributed by atoms with Crippen LogP contribution in [-0.2, 0) is 43.3 Å². The van der Waals surface area contributed by atoms with E-state index in [4.69, 9.17) is 4.42 Å². The van der Waals surface area contributed by atoms with Crippen molar-refractivity contribution in [3.63, 3.8) is 0 Å². The number of furan rings is 1. The van der Waals surface area contributed by atoms with Gasteiger partial charge in [0, 0.05) is 44.5 Å². The van der Waals surface area contributed by atoms with Crippen LogP contribution in [0.5, 0.6) is 0 Å². The number of hydrogen-bond acceptors (Lipinski definition) is 3. The van der Waals surface area contributed by atoms with Crippen LogP contribution in [0.3, 0.4) is 0 Å². The van der Waals surface area contributed by atoms with Gasteiger partial charge in [-0.05, 0) is 203 Å². The largest absolute Gasteiger partial charge is 0.468 e. The highest BCUT2D eigenvalue weighted by atomic mass is 16.3. The number of aromatic nitrogens is 1. The Labute approximate surface area is 513 Å². The van der Waals surface area contributed by atoms with Crippen LogP contribution >= 0.6 is 0 Å². The lowest BCUT2D eigenvalue weighted by molar-refractivity contribution is 0.332. The van der Waals surface area contributed by atoms with Gasteiger partial charge in [0.1, 0.15) is 5.58 Å². The van der Waals surface area contributed by atoms with Crippen molar-refractivity contribution in [3.8, 4) is 16.8 Å². The van der Waals surface area contributed by atoms with E-state index < -0.39 is 0 Å². The summed E-state index contributed by atoms with van der Waals surface area (Å²) in [6, 6.07) is 58.3. The number of benzene rings is 8. The molecule has 2 aliphatic heterocycles. The van der Waals surface area contributed by atoms with Crippen LogP contribution in [0, 0.1) is 0 Å². The van der Waals surface area contributed by atoms with E-state index in [1.807, 2.05) is 0 Å². The molecule has 8 aromatic carbocycles. The maximum atomic E-state index is 7.96. The van der Waals surface area contributed by atoms with E-state index in [1.54, 1.807) is 0 Å². The minimum absolute atomic E-state index is 0.0166. The van der Waals surface area contributed by atoms with Crippen molar-refractivity contribution in [2.75, 3.05) is 9.80 Å². The fourth-order valence-electron chi connectivity index (χ4n) is 16.7. The lowest BCUT2D eigenvalue weighted by Gasteiger charge is -2.47. The first-order valence-electron chi connectivity index (χ1n) is 32.3. The van der Waals surface area contributed by atoms with E-state index in [2.05, 4.69) is 285 Å². The standard InChI is InChI=1S/C81H88BN3O/c1-74(2,3)49-24-29-53(30-25-49)83-67-45-60-59(78(13,14)34-35-79(60,15)16)44-63(67)82-71-68(83)41-54(84-65-39-51(76(7,8)9)26-31-55(65)56-32-27-52(40-66(56)84)77(10,11)12)42-69(71)85(64-33-28-50(75(4,5)6)38-57(64)48-22-20-19-21-23-48)72-58-43-61-62(46-70(58)86-73(72)82)81(18)37-36-80(61,17)47-81/h19-33,38-46H,34-37,47H2,1-18H3. The van der Waals surface area contributed by atoms with E-state index in [0.29, 0.717) is 0 Å². The third-order valence-electron chi connectivity index (χ3n) is 22.0. The van der Waals surface area contributed by atoms with Gasteiger partial charge >= 0.3 is 0 Å². The molecule has 2 aromatic heterocycles. The first kappa shape index (κ1) is 55.4. The Morgan fingerprint density at radius 2 is 0.930 bits per heavy atom. The topological polar surface area (TPSA) is 24.6 Å². The highest BCUT2D eigenvalue weighted by Crippen LogP contribution is 2.62. The molecule has 2 unspecified atom stereocenters. The second-order valence-electron chi connectivity index (χ2n) is 33.2. The lowest BCUT2D eigenvalue weighted by Crippen LogP contribution is -2.61. The summed E-state index contributed by atoms with van der Waals surface area (Å²) in [4.78, 5) is 5.37. The molecule has 86 heavy (non-hydrogen) atoms. The lowest BCUT2D eigenvalue weighted by atomic mass is 9.35. The normalized spacial score (nSPS) is 20.2. The summed E-state index contributed by atoms with van der Waals surface area (Å²) < 4.78 is 10.6. The quantitative estimate of drug-likeness (QED) is 0.164. The van der Waals surface area contributed by atoms with Crippen LogP contribution < -0.4 is 26.4 Å². The van der Waals surface area contributed by atoms with Crippen molar-refractivity contribution in [1.82, 2.24) is 4.57 Å². The van der Waals surface area contributed by atoms with E-state index in [9.17, 15) is 0 Å². The summed E-state index contributed by atoms with van der Waals surface area (Å²) in [6.07, 6.45) is 5.86. The van der Waals surface area contributed by atoms with Crippen LogP contribution in [-0.4, -0.2) is 11.3 Å². The summed E-state index contributed by atoms with van der Waals surface area (Å²) in [6.45, 7) is 43.0. The highest BCUT2D eigenvalue weighted by molar-refractivity contribution is 7.00. The van der Waals surface area contributed by atoms with Gasteiger partial charge in [0.2, 0.25) is 0 Å². The van der Waals surface area contributed by atoms with Gasteiger partial charge in [-0.25, -0.2) is 0 Å². The molecule has 1 saturated carbocycles. The Morgan fingerprint density at radius 1 is 0.419 bits per heavy atom. The Balaban J connectivity index is 1.15. The number of hydrogen-bond donors (Lipinski definition) is 0. The second-order valence-corrected chi connectivity index (χ2v) is 33.2.